The highest BCUT2D eigenvalue weighted by atomic mass is 16.5. The van der Waals surface area contributed by atoms with Gasteiger partial charge in [-0.1, -0.05) is 83.5 Å². The number of hydrogen-bond acceptors (Lipinski definition) is 13. The van der Waals surface area contributed by atoms with E-state index < -0.39 is 36.4 Å². The summed E-state index contributed by atoms with van der Waals surface area (Å²) in [6, 6.07) is -0.847. The largest absolute Gasteiger partial charge is 0.481 e. The van der Waals surface area contributed by atoms with E-state index in [4.69, 9.17) is 34.9 Å². The van der Waals surface area contributed by atoms with Gasteiger partial charge in [0.15, 0.2) is 5.78 Å². The molecule has 0 saturated heterocycles. The molecule has 0 bridgehead atoms. The van der Waals surface area contributed by atoms with Crippen LogP contribution in [0.25, 0.3) is 0 Å². The molecule has 1 heterocycles. The normalized spacial score (nSPS) is 12.0. The molecule has 0 fully saturated rings. The van der Waals surface area contributed by atoms with Crippen LogP contribution in [0.1, 0.15) is 134 Å². The first-order chi connectivity index (χ1) is 31.5. The number of carbonyl (C=O) groups excluding carboxylic acids is 5. The molecule has 1 rings (SSSR count). The van der Waals surface area contributed by atoms with Crippen molar-refractivity contribution in [3.63, 3.8) is 0 Å². The SMILES string of the molecule is N[C@@H](Cc1cnc[nH]1)C(=O)C[C@@H](CCCCNC(=O)COCCOCCNC(=O)COCCOCCNC(=O)CCCCCCCCCCCCCCCCC(=O)O)C(=O)NCC(=O)O. The average Bonchev–Trinajstić information content (AvgIpc) is 3.79. The number of carboxylic acids is 2. The smallest absolute Gasteiger partial charge is 0.322 e. The lowest BCUT2D eigenvalue weighted by Gasteiger charge is -2.18. The van der Waals surface area contributed by atoms with Crippen molar-refractivity contribution in [2.75, 3.05) is 79.0 Å². The van der Waals surface area contributed by atoms with Crippen LogP contribution in [0.4, 0.5) is 0 Å². The van der Waals surface area contributed by atoms with Gasteiger partial charge in [0, 0.05) is 63.1 Å². The quantitative estimate of drug-likeness (QED) is 0.0436. The van der Waals surface area contributed by atoms with Crippen molar-refractivity contribution in [3.8, 4) is 0 Å². The van der Waals surface area contributed by atoms with E-state index in [1.807, 2.05) is 0 Å². The molecule has 20 heteroatoms. The van der Waals surface area contributed by atoms with Crippen LogP contribution >= 0.6 is 0 Å². The van der Waals surface area contributed by atoms with Crippen LogP contribution in [0.2, 0.25) is 0 Å². The second-order valence-electron chi connectivity index (χ2n) is 16.1. The Kier molecular flexibility index (Phi) is 36.9. The van der Waals surface area contributed by atoms with Crippen molar-refractivity contribution >= 4 is 41.4 Å². The van der Waals surface area contributed by atoms with Crippen molar-refractivity contribution in [1.29, 1.82) is 0 Å². The van der Waals surface area contributed by atoms with Crippen LogP contribution in [0.5, 0.6) is 0 Å². The Morgan fingerprint density at radius 1 is 0.569 bits per heavy atom. The number of ether oxygens (including phenoxy) is 4. The number of carboxylic acid groups (broad SMARTS) is 2. The first-order valence-electron chi connectivity index (χ1n) is 23.6. The summed E-state index contributed by atoms with van der Waals surface area (Å²) in [5.41, 5.74) is 6.71. The molecule has 0 aliphatic rings. The molecule has 2 atom stereocenters. The number of nitrogens with zero attached hydrogens (tertiary/aromatic N) is 1. The topological polar surface area (TPSA) is 300 Å². The minimum absolute atomic E-state index is 0.0265. The fraction of sp³-hybridized carbons (Fsp3) is 0.778. The third kappa shape index (κ3) is 37.4. The molecule has 4 amide bonds. The number of aromatic nitrogens is 2. The van der Waals surface area contributed by atoms with Gasteiger partial charge in [0.1, 0.15) is 19.8 Å². The second-order valence-corrected chi connectivity index (χ2v) is 16.1. The molecule has 0 aromatic carbocycles. The van der Waals surface area contributed by atoms with Crippen molar-refractivity contribution in [1.82, 2.24) is 31.2 Å². The Balaban J connectivity index is 1.91. The summed E-state index contributed by atoms with van der Waals surface area (Å²) in [4.78, 5) is 89.6. The maximum atomic E-state index is 12.7. The number of ketones is 1. The number of nitrogens with two attached hydrogens (primary N) is 1. The van der Waals surface area contributed by atoms with Crippen LogP contribution in [-0.2, 0) is 58.9 Å². The fourth-order valence-electron chi connectivity index (χ4n) is 6.69. The summed E-state index contributed by atoms with van der Waals surface area (Å²) in [6.45, 7) is 1.69. The number of Topliss-reactive ketones (excluding diaryl/α,β-unsaturated/α-hetero) is 1. The number of unbranched alkanes of at least 4 members (excludes halogenated alkanes) is 14. The van der Waals surface area contributed by atoms with Gasteiger partial charge in [-0.15, -0.1) is 0 Å². The third-order valence-corrected chi connectivity index (χ3v) is 10.3. The molecule has 0 spiro atoms. The summed E-state index contributed by atoms with van der Waals surface area (Å²) >= 11 is 0. The van der Waals surface area contributed by atoms with Crippen LogP contribution in [0, 0.1) is 5.92 Å². The van der Waals surface area contributed by atoms with Gasteiger partial charge in [-0.25, -0.2) is 4.98 Å². The summed E-state index contributed by atoms with van der Waals surface area (Å²) in [5, 5.41) is 28.2. The molecule has 0 aliphatic carbocycles. The van der Waals surface area contributed by atoms with Gasteiger partial charge in [-0.2, -0.15) is 0 Å². The lowest BCUT2D eigenvalue weighted by atomic mass is 9.91. The number of nitrogens with one attached hydrogen (secondary N) is 5. The zero-order chi connectivity index (χ0) is 47.6. The number of aromatic amines is 1. The van der Waals surface area contributed by atoms with Gasteiger partial charge >= 0.3 is 11.9 Å². The van der Waals surface area contributed by atoms with Crippen LogP contribution in [-0.4, -0.2) is 147 Å². The first-order valence-corrected chi connectivity index (χ1v) is 23.6. The number of rotatable bonds is 46. The van der Waals surface area contributed by atoms with E-state index in [1.165, 1.54) is 57.7 Å². The fourth-order valence-corrected chi connectivity index (χ4v) is 6.69. The van der Waals surface area contributed by atoms with E-state index in [2.05, 4.69) is 31.2 Å². The Labute approximate surface area is 384 Å². The predicted octanol–water partition coefficient (Wildman–Crippen LogP) is 2.97. The molecule has 20 nitrogen and oxygen atoms in total. The lowest BCUT2D eigenvalue weighted by Crippen LogP contribution is -2.39. The minimum atomic E-state index is -1.20. The van der Waals surface area contributed by atoms with Crippen molar-refractivity contribution in [2.24, 2.45) is 11.7 Å². The number of amides is 4. The van der Waals surface area contributed by atoms with Gasteiger partial charge in [0.05, 0.1) is 52.0 Å². The first kappa shape index (κ1) is 58.5. The van der Waals surface area contributed by atoms with Crippen molar-refractivity contribution in [3.05, 3.63) is 18.2 Å². The Bertz CT molecular complexity index is 1430. The molecule has 0 radical (unpaired) electrons. The van der Waals surface area contributed by atoms with E-state index in [-0.39, 0.29) is 89.0 Å². The van der Waals surface area contributed by atoms with Gasteiger partial charge < -0.3 is 61.1 Å². The van der Waals surface area contributed by atoms with Crippen molar-refractivity contribution in [2.45, 2.75) is 141 Å². The summed E-state index contributed by atoms with van der Waals surface area (Å²) in [5.74, 6) is -4.13. The van der Waals surface area contributed by atoms with E-state index in [1.54, 1.807) is 6.20 Å². The Morgan fingerprint density at radius 3 is 1.57 bits per heavy atom. The van der Waals surface area contributed by atoms with E-state index in [0.717, 1.165) is 38.5 Å². The van der Waals surface area contributed by atoms with Crippen molar-refractivity contribution < 1.29 is 62.7 Å². The molecule has 0 unspecified atom stereocenters. The number of imidazole rings is 1. The average molecular weight is 926 g/mol. The maximum absolute atomic E-state index is 12.7. The van der Waals surface area contributed by atoms with Gasteiger partial charge in [0.2, 0.25) is 23.6 Å². The maximum Gasteiger partial charge on any atom is 0.322 e. The van der Waals surface area contributed by atoms with Gasteiger partial charge in [-0.3, -0.25) is 33.6 Å². The van der Waals surface area contributed by atoms with Gasteiger partial charge in [-0.05, 0) is 25.7 Å². The zero-order valence-electron chi connectivity index (χ0n) is 38.6. The summed E-state index contributed by atoms with van der Waals surface area (Å²) < 4.78 is 21.5. The minimum Gasteiger partial charge on any atom is -0.481 e. The zero-order valence-corrected chi connectivity index (χ0v) is 38.6. The van der Waals surface area contributed by atoms with E-state index in [0.29, 0.717) is 57.7 Å². The molecule has 372 valence electrons. The number of hydrogen-bond donors (Lipinski definition) is 8. The van der Waals surface area contributed by atoms with E-state index >= 15 is 0 Å². The monoisotopic (exact) mass is 926 g/mol. The highest BCUT2D eigenvalue weighted by Gasteiger charge is 2.25. The molecule has 9 N–H and O–H groups in total. The second kappa shape index (κ2) is 41.0. The standard InChI is InChI=1S/C45H79N7O13/c46-38(30-37-31-47-35-52-37)39(53)29-36(45(61)51-32-44(59)60)17-15-16-20-48-41(55)33-64-27-26-63-24-22-50-42(56)34-65-28-25-62-23-21-49-40(54)18-13-11-9-7-5-3-1-2-4-6-8-10-12-14-19-43(57)58/h31,35-36,38H,1-30,32-34,46H2,(H,47,52)(H,48,55)(H,49,54)(H,50,56)(H,51,61)(H,57,58)(H,59,60)/t36-,38+/m1/s1. The van der Waals surface area contributed by atoms with Gasteiger partial charge in [0.25, 0.3) is 0 Å². The molecule has 65 heavy (non-hydrogen) atoms. The summed E-state index contributed by atoms with van der Waals surface area (Å²) in [7, 11) is 0. The molecule has 1 aromatic rings. The Morgan fingerprint density at radius 2 is 1.06 bits per heavy atom. The molecule has 0 saturated carbocycles. The predicted molar refractivity (Wildman–Crippen MR) is 242 cm³/mol. The molecule has 1 aromatic heterocycles. The lowest BCUT2D eigenvalue weighted by molar-refractivity contribution is -0.139. The van der Waals surface area contributed by atoms with Crippen LogP contribution in [0.3, 0.4) is 0 Å². The third-order valence-electron chi connectivity index (χ3n) is 10.3. The Hall–Kier alpha value is -4.50. The van der Waals surface area contributed by atoms with E-state index in [9.17, 15) is 33.6 Å². The molecular weight excluding hydrogens is 847 g/mol. The molecule has 0 aliphatic heterocycles. The molecular formula is C45H79N7O13. The summed E-state index contributed by atoms with van der Waals surface area (Å²) in [6.07, 6.45) is 21.3. The van der Waals surface area contributed by atoms with Crippen LogP contribution in [0.15, 0.2) is 12.5 Å². The highest BCUT2D eigenvalue weighted by molar-refractivity contribution is 5.90. The number of aliphatic carboxylic acids is 2. The number of carbonyl (C=O) groups is 7. The number of H-pyrrole nitrogens is 1. The highest BCUT2D eigenvalue weighted by Crippen LogP contribution is 2.16. The van der Waals surface area contributed by atoms with Crippen LogP contribution < -0.4 is 27.0 Å².